The van der Waals surface area contributed by atoms with Gasteiger partial charge in [-0.3, -0.25) is 15.2 Å². The van der Waals surface area contributed by atoms with Crippen molar-refractivity contribution in [2.45, 2.75) is 38.8 Å². The number of nitrogens with two attached hydrogens (primary N) is 1. The molecule has 100 valence electrons. The summed E-state index contributed by atoms with van der Waals surface area (Å²) in [5.41, 5.74) is 7.99. The molecule has 1 aromatic heterocycles. The number of amides is 1. The van der Waals surface area contributed by atoms with Crippen LogP contribution in [0.4, 0.5) is 0 Å². The van der Waals surface area contributed by atoms with Crippen molar-refractivity contribution in [3.05, 3.63) is 17.0 Å². The van der Waals surface area contributed by atoms with Gasteiger partial charge in [-0.05, 0) is 26.7 Å². The number of hydrogen-bond acceptors (Lipinski definition) is 4. The first kappa shape index (κ1) is 13.0. The molecule has 0 spiro atoms. The summed E-state index contributed by atoms with van der Waals surface area (Å²) in [4.78, 5) is 11.6. The number of primary amides is 1. The van der Waals surface area contributed by atoms with E-state index in [0.29, 0.717) is 6.54 Å². The van der Waals surface area contributed by atoms with E-state index in [1.807, 2.05) is 13.8 Å². The van der Waals surface area contributed by atoms with Crippen molar-refractivity contribution in [1.82, 2.24) is 15.5 Å². The van der Waals surface area contributed by atoms with Gasteiger partial charge < -0.3 is 10.5 Å². The highest BCUT2D eigenvalue weighted by molar-refractivity contribution is 5.82. The highest BCUT2D eigenvalue weighted by atomic mass is 16.5. The zero-order chi connectivity index (χ0) is 13.1. The molecule has 0 saturated carbocycles. The lowest BCUT2D eigenvalue weighted by atomic mass is 10.0. The van der Waals surface area contributed by atoms with Gasteiger partial charge in [0.05, 0.1) is 11.8 Å². The van der Waals surface area contributed by atoms with E-state index < -0.39 is 6.04 Å². The van der Waals surface area contributed by atoms with E-state index in [9.17, 15) is 4.79 Å². The number of aryl methyl sites for hydroxylation is 2. The fourth-order valence-corrected chi connectivity index (χ4v) is 2.38. The van der Waals surface area contributed by atoms with Crippen molar-refractivity contribution in [3.8, 4) is 0 Å². The Morgan fingerprint density at radius 2 is 2.44 bits per heavy atom. The monoisotopic (exact) mass is 252 g/mol. The maximum absolute atomic E-state index is 11.6. The van der Waals surface area contributed by atoms with Crippen LogP contribution in [0.1, 0.15) is 35.8 Å². The van der Waals surface area contributed by atoms with E-state index in [1.54, 1.807) is 0 Å². The summed E-state index contributed by atoms with van der Waals surface area (Å²) in [6.45, 7) is 5.19. The molecule has 0 aromatic carbocycles. The predicted octanol–water partition coefficient (Wildman–Crippen LogP) is 0.322. The van der Waals surface area contributed by atoms with E-state index in [4.69, 9.17) is 10.5 Å². The van der Waals surface area contributed by atoms with Gasteiger partial charge in [-0.2, -0.15) is 5.10 Å². The van der Waals surface area contributed by atoms with Gasteiger partial charge in [0.1, 0.15) is 6.04 Å². The number of nitrogens with one attached hydrogen (secondary N) is 2. The van der Waals surface area contributed by atoms with Crippen molar-refractivity contribution >= 4 is 5.91 Å². The number of H-pyrrole nitrogens is 1. The molecular weight excluding hydrogens is 232 g/mol. The third-order valence-corrected chi connectivity index (χ3v) is 3.33. The van der Waals surface area contributed by atoms with E-state index in [0.717, 1.165) is 36.4 Å². The average molecular weight is 252 g/mol. The minimum Gasteiger partial charge on any atom is -0.377 e. The van der Waals surface area contributed by atoms with Crippen LogP contribution in [0.2, 0.25) is 0 Å². The first-order valence-corrected chi connectivity index (χ1v) is 6.25. The van der Waals surface area contributed by atoms with Crippen LogP contribution in [-0.2, 0) is 9.53 Å². The van der Waals surface area contributed by atoms with E-state index in [1.165, 1.54) is 0 Å². The van der Waals surface area contributed by atoms with Crippen LogP contribution in [0.5, 0.6) is 0 Å². The van der Waals surface area contributed by atoms with Gasteiger partial charge >= 0.3 is 0 Å². The minimum atomic E-state index is -0.507. The summed E-state index contributed by atoms with van der Waals surface area (Å²) in [6, 6.07) is -0.507. The number of hydrogen-bond donors (Lipinski definition) is 3. The minimum absolute atomic E-state index is 0.180. The Morgan fingerprint density at radius 3 is 2.94 bits per heavy atom. The highest BCUT2D eigenvalue weighted by Crippen LogP contribution is 2.20. The zero-order valence-corrected chi connectivity index (χ0v) is 10.8. The Hall–Kier alpha value is -1.40. The molecule has 1 saturated heterocycles. The van der Waals surface area contributed by atoms with Gasteiger partial charge in [-0.1, -0.05) is 0 Å². The number of carbonyl (C=O) groups excluding carboxylic acids is 1. The second-order valence-electron chi connectivity index (χ2n) is 4.73. The molecule has 4 N–H and O–H groups in total. The molecule has 0 aliphatic carbocycles. The lowest BCUT2D eigenvalue weighted by molar-refractivity contribution is -0.120. The summed E-state index contributed by atoms with van der Waals surface area (Å²) < 4.78 is 5.52. The Balaban J connectivity index is 2.06. The quantitative estimate of drug-likeness (QED) is 0.703. The van der Waals surface area contributed by atoms with Crippen LogP contribution in [0.3, 0.4) is 0 Å². The van der Waals surface area contributed by atoms with Crippen molar-refractivity contribution < 1.29 is 9.53 Å². The summed E-state index contributed by atoms with van der Waals surface area (Å²) in [5, 5.41) is 10.2. The molecule has 2 unspecified atom stereocenters. The van der Waals surface area contributed by atoms with Crippen LogP contribution < -0.4 is 11.1 Å². The predicted molar refractivity (Wildman–Crippen MR) is 67.0 cm³/mol. The summed E-state index contributed by atoms with van der Waals surface area (Å²) in [6.07, 6.45) is 2.29. The molecule has 1 aliphatic heterocycles. The molecule has 0 radical (unpaired) electrons. The standard InChI is InChI=1S/C12H20N4O2/c1-7-10(8(2)16-15-7)11(12(13)17)14-6-9-4-3-5-18-9/h9,11,14H,3-6H2,1-2H3,(H2,13,17)(H,15,16). The van der Waals surface area contributed by atoms with Crippen molar-refractivity contribution in [2.75, 3.05) is 13.2 Å². The Labute approximate surface area is 106 Å². The molecular formula is C12H20N4O2. The lowest BCUT2D eigenvalue weighted by Crippen LogP contribution is -2.38. The number of rotatable bonds is 5. The smallest absolute Gasteiger partial charge is 0.239 e. The van der Waals surface area contributed by atoms with Gasteiger partial charge in [0, 0.05) is 24.4 Å². The molecule has 6 heteroatoms. The molecule has 2 atom stereocenters. The Kier molecular flexibility index (Phi) is 3.98. The largest absolute Gasteiger partial charge is 0.377 e. The molecule has 1 aromatic rings. The van der Waals surface area contributed by atoms with Crippen LogP contribution in [0.25, 0.3) is 0 Å². The highest BCUT2D eigenvalue weighted by Gasteiger charge is 2.25. The number of ether oxygens (including phenoxy) is 1. The topological polar surface area (TPSA) is 93.0 Å². The lowest BCUT2D eigenvalue weighted by Gasteiger charge is -2.18. The SMILES string of the molecule is Cc1n[nH]c(C)c1C(NCC1CCCO1)C(N)=O. The van der Waals surface area contributed by atoms with Gasteiger partial charge in [-0.15, -0.1) is 0 Å². The Morgan fingerprint density at radius 1 is 1.67 bits per heavy atom. The van der Waals surface area contributed by atoms with Crippen molar-refractivity contribution in [3.63, 3.8) is 0 Å². The van der Waals surface area contributed by atoms with Crippen molar-refractivity contribution in [1.29, 1.82) is 0 Å². The second kappa shape index (κ2) is 5.49. The van der Waals surface area contributed by atoms with E-state index in [2.05, 4.69) is 15.5 Å². The Bertz CT molecular complexity index is 404. The molecule has 1 amide bonds. The summed E-state index contributed by atoms with van der Waals surface area (Å²) in [7, 11) is 0. The first-order chi connectivity index (χ1) is 8.59. The normalized spacial score (nSPS) is 21.1. The number of aromatic nitrogens is 2. The van der Waals surface area contributed by atoms with Gasteiger partial charge in [0.25, 0.3) is 0 Å². The third kappa shape index (κ3) is 2.70. The molecule has 1 aliphatic rings. The molecule has 0 bridgehead atoms. The molecule has 2 heterocycles. The van der Waals surface area contributed by atoms with Gasteiger partial charge in [-0.25, -0.2) is 0 Å². The maximum Gasteiger partial charge on any atom is 0.239 e. The second-order valence-corrected chi connectivity index (χ2v) is 4.73. The third-order valence-electron chi connectivity index (χ3n) is 3.33. The first-order valence-electron chi connectivity index (χ1n) is 6.25. The fraction of sp³-hybridized carbons (Fsp3) is 0.667. The zero-order valence-electron chi connectivity index (χ0n) is 10.8. The summed E-state index contributed by atoms with van der Waals surface area (Å²) >= 11 is 0. The van der Waals surface area contributed by atoms with E-state index in [-0.39, 0.29) is 12.0 Å². The number of carbonyl (C=O) groups is 1. The molecule has 1 fully saturated rings. The summed E-state index contributed by atoms with van der Waals surface area (Å²) in [5.74, 6) is -0.388. The molecule has 18 heavy (non-hydrogen) atoms. The van der Waals surface area contributed by atoms with Crippen LogP contribution >= 0.6 is 0 Å². The molecule has 2 rings (SSSR count). The van der Waals surface area contributed by atoms with Gasteiger partial charge in [0.15, 0.2) is 0 Å². The molecule has 6 nitrogen and oxygen atoms in total. The van der Waals surface area contributed by atoms with Gasteiger partial charge in [0.2, 0.25) is 5.91 Å². The van der Waals surface area contributed by atoms with E-state index >= 15 is 0 Å². The van der Waals surface area contributed by atoms with Crippen molar-refractivity contribution in [2.24, 2.45) is 5.73 Å². The number of aromatic amines is 1. The fourth-order valence-electron chi connectivity index (χ4n) is 2.38. The maximum atomic E-state index is 11.6. The van der Waals surface area contributed by atoms with Crippen LogP contribution in [-0.4, -0.2) is 35.4 Å². The van der Waals surface area contributed by atoms with Crippen LogP contribution in [0.15, 0.2) is 0 Å². The van der Waals surface area contributed by atoms with Crippen LogP contribution in [0, 0.1) is 13.8 Å². The number of nitrogens with zero attached hydrogens (tertiary/aromatic N) is 1. The average Bonchev–Trinajstić information content (AvgIpc) is 2.93.